The second-order valence-corrected chi connectivity index (χ2v) is 4.88. The van der Waals surface area contributed by atoms with Crippen molar-refractivity contribution in [2.45, 2.75) is 19.0 Å². The van der Waals surface area contributed by atoms with Crippen molar-refractivity contribution in [1.29, 1.82) is 0 Å². The summed E-state index contributed by atoms with van der Waals surface area (Å²) >= 11 is 1.96. The number of aromatic nitrogens is 2. The van der Waals surface area contributed by atoms with Crippen LogP contribution in [-0.2, 0) is 6.54 Å². The molecule has 1 aliphatic rings. The molecule has 0 aromatic carbocycles. The third-order valence-corrected chi connectivity index (χ3v) is 3.70. The Hall–Kier alpha value is -1.08. The summed E-state index contributed by atoms with van der Waals surface area (Å²) in [5.41, 5.74) is 0.0522. The molecule has 0 amide bonds. The van der Waals surface area contributed by atoms with E-state index >= 15 is 0 Å². The highest BCUT2D eigenvalue weighted by Crippen LogP contribution is 2.16. The molecule has 2 rings (SSSR count). The molecule has 0 spiro atoms. The largest absolute Gasteiger partial charge is 0.311 e. The van der Waals surface area contributed by atoms with Crippen molar-refractivity contribution < 1.29 is 4.92 Å². The monoisotopic (exact) mass is 242 g/mol. The number of nitro groups is 1. The summed E-state index contributed by atoms with van der Waals surface area (Å²) in [4.78, 5) is 10.0. The topological polar surface area (TPSA) is 73.0 Å². The molecule has 0 aliphatic carbocycles. The van der Waals surface area contributed by atoms with Gasteiger partial charge in [-0.25, -0.2) is 0 Å². The van der Waals surface area contributed by atoms with E-state index in [1.807, 2.05) is 11.8 Å². The summed E-state index contributed by atoms with van der Waals surface area (Å²) in [5.74, 6) is 2.39. The first-order chi connectivity index (χ1) is 7.75. The zero-order chi connectivity index (χ0) is 11.4. The smallest absolute Gasteiger partial charge is 0.306 e. The minimum absolute atomic E-state index is 0.0522. The number of thioether (sulfide) groups is 1. The number of hydrogen-bond donors (Lipinski definition) is 1. The van der Waals surface area contributed by atoms with E-state index in [-0.39, 0.29) is 5.69 Å². The highest BCUT2D eigenvalue weighted by molar-refractivity contribution is 7.99. The normalized spacial score (nSPS) is 20.1. The molecule has 7 heteroatoms. The third kappa shape index (κ3) is 2.96. The van der Waals surface area contributed by atoms with Gasteiger partial charge in [0.25, 0.3) is 0 Å². The minimum Gasteiger partial charge on any atom is -0.311 e. The third-order valence-electron chi connectivity index (χ3n) is 2.53. The lowest BCUT2D eigenvalue weighted by atomic mass is 10.3. The van der Waals surface area contributed by atoms with Crippen molar-refractivity contribution in [3.05, 3.63) is 22.5 Å². The molecule has 1 atom stereocenters. The van der Waals surface area contributed by atoms with Crippen LogP contribution in [0.4, 0.5) is 5.69 Å². The van der Waals surface area contributed by atoms with Crippen molar-refractivity contribution in [1.82, 2.24) is 15.1 Å². The van der Waals surface area contributed by atoms with Gasteiger partial charge in [0, 0.05) is 18.3 Å². The lowest BCUT2D eigenvalue weighted by molar-refractivity contribution is -0.385. The van der Waals surface area contributed by atoms with Crippen LogP contribution in [0.15, 0.2) is 12.4 Å². The molecule has 1 unspecified atom stereocenters. The standard InChI is InChI=1S/C9H14N4O2S/c14-13(15)9-5-11-12(6-9)3-2-10-8-1-4-16-7-8/h5-6,8,10H,1-4,7H2. The maximum absolute atomic E-state index is 10.4. The van der Waals surface area contributed by atoms with Gasteiger partial charge in [0.15, 0.2) is 0 Å². The quantitative estimate of drug-likeness (QED) is 0.613. The van der Waals surface area contributed by atoms with Gasteiger partial charge in [-0.2, -0.15) is 16.9 Å². The lowest BCUT2D eigenvalue weighted by Crippen LogP contribution is -2.31. The molecule has 1 fully saturated rings. The van der Waals surface area contributed by atoms with Crippen molar-refractivity contribution in [3.63, 3.8) is 0 Å². The Morgan fingerprint density at radius 3 is 3.25 bits per heavy atom. The molecule has 0 radical (unpaired) electrons. The van der Waals surface area contributed by atoms with Crippen molar-refractivity contribution >= 4 is 17.4 Å². The van der Waals surface area contributed by atoms with Crippen LogP contribution in [0.1, 0.15) is 6.42 Å². The molecule has 1 saturated heterocycles. The second kappa shape index (κ2) is 5.31. The van der Waals surface area contributed by atoms with E-state index in [9.17, 15) is 10.1 Å². The molecule has 1 aromatic rings. The highest BCUT2D eigenvalue weighted by atomic mass is 32.2. The molecule has 6 nitrogen and oxygen atoms in total. The van der Waals surface area contributed by atoms with E-state index in [2.05, 4.69) is 10.4 Å². The van der Waals surface area contributed by atoms with Gasteiger partial charge in [0.05, 0.1) is 11.5 Å². The summed E-state index contributed by atoms with van der Waals surface area (Å²) in [5, 5.41) is 17.8. The zero-order valence-electron chi connectivity index (χ0n) is 8.83. The van der Waals surface area contributed by atoms with Crippen LogP contribution in [0, 0.1) is 10.1 Å². The van der Waals surface area contributed by atoms with Crippen LogP contribution in [0.5, 0.6) is 0 Å². The molecule has 1 N–H and O–H groups in total. The molecular weight excluding hydrogens is 228 g/mol. The summed E-state index contributed by atoms with van der Waals surface area (Å²) < 4.78 is 1.60. The molecule has 88 valence electrons. The van der Waals surface area contributed by atoms with Crippen molar-refractivity contribution in [2.24, 2.45) is 0 Å². The molecular formula is C9H14N4O2S. The summed E-state index contributed by atoms with van der Waals surface area (Å²) in [7, 11) is 0. The number of nitrogens with zero attached hydrogens (tertiary/aromatic N) is 3. The van der Waals surface area contributed by atoms with Gasteiger partial charge >= 0.3 is 5.69 Å². The predicted molar refractivity (Wildman–Crippen MR) is 62.6 cm³/mol. The van der Waals surface area contributed by atoms with E-state index in [0.717, 1.165) is 6.54 Å². The number of nitrogens with one attached hydrogen (secondary N) is 1. The van der Waals surface area contributed by atoms with Gasteiger partial charge in [-0.1, -0.05) is 0 Å². The summed E-state index contributed by atoms with van der Waals surface area (Å²) in [6, 6.07) is 0.593. The van der Waals surface area contributed by atoms with Gasteiger partial charge in [0.1, 0.15) is 12.4 Å². The average molecular weight is 242 g/mol. The van der Waals surface area contributed by atoms with Crippen molar-refractivity contribution in [3.8, 4) is 0 Å². The van der Waals surface area contributed by atoms with E-state index < -0.39 is 4.92 Å². The summed E-state index contributed by atoms with van der Waals surface area (Å²) in [6.45, 7) is 1.49. The van der Waals surface area contributed by atoms with Gasteiger partial charge in [-0.15, -0.1) is 0 Å². The lowest BCUT2D eigenvalue weighted by Gasteiger charge is -2.10. The van der Waals surface area contributed by atoms with Crippen LogP contribution in [0.25, 0.3) is 0 Å². The zero-order valence-corrected chi connectivity index (χ0v) is 9.65. The Morgan fingerprint density at radius 2 is 2.62 bits per heavy atom. The fourth-order valence-corrected chi connectivity index (χ4v) is 2.83. The number of rotatable bonds is 5. The first kappa shape index (κ1) is 11.4. The van der Waals surface area contributed by atoms with Gasteiger partial charge in [-0.3, -0.25) is 14.8 Å². The maximum atomic E-state index is 10.4. The highest BCUT2D eigenvalue weighted by Gasteiger charge is 2.14. The van der Waals surface area contributed by atoms with Gasteiger partial charge in [-0.05, 0) is 12.2 Å². The SMILES string of the molecule is O=[N+]([O-])c1cnn(CCNC2CCSC2)c1. The molecule has 1 aliphatic heterocycles. The minimum atomic E-state index is -0.426. The predicted octanol–water partition coefficient (Wildman–Crippen LogP) is 0.886. The van der Waals surface area contributed by atoms with Gasteiger partial charge in [0.2, 0.25) is 0 Å². The Morgan fingerprint density at radius 1 is 1.75 bits per heavy atom. The Kier molecular flexibility index (Phi) is 3.79. The van der Waals surface area contributed by atoms with E-state index in [4.69, 9.17) is 0 Å². The van der Waals surface area contributed by atoms with Crippen molar-refractivity contribution in [2.75, 3.05) is 18.1 Å². The summed E-state index contributed by atoms with van der Waals surface area (Å²) in [6.07, 6.45) is 3.96. The Bertz CT molecular complexity index is 362. The number of hydrogen-bond acceptors (Lipinski definition) is 5. The van der Waals surface area contributed by atoms with Crippen LogP contribution >= 0.6 is 11.8 Å². The van der Waals surface area contributed by atoms with E-state index in [1.165, 1.54) is 30.3 Å². The van der Waals surface area contributed by atoms with Crippen LogP contribution in [0.3, 0.4) is 0 Å². The first-order valence-corrected chi connectivity index (χ1v) is 6.39. The van der Waals surface area contributed by atoms with Gasteiger partial charge < -0.3 is 5.32 Å². The average Bonchev–Trinajstić information content (AvgIpc) is 2.87. The van der Waals surface area contributed by atoms with E-state index in [1.54, 1.807) is 4.68 Å². The Labute approximate surface area is 97.5 Å². The molecule has 0 bridgehead atoms. The molecule has 1 aromatic heterocycles. The van der Waals surface area contributed by atoms with Crippen LogP contribution in [-0.4, -0.2) is 38.8 Å². The molecule has 0 saturated carbocycles. The molecule has 2 heterocycles. The molecule has 16 heavy (non-hydrogen) atoms. The second-order valence-electron chi connectivity index (χ2n) is 3.73. The van der Waals surface area contributed by atoms with E-state index in [0.29, 0.717) is 12.6 Å². The van der Waals surface area contributed by atoms with Crippen LogP contribution in [0.2, 0.25) is 0 Å². The first-order valence-electron chi connectivity index (χ1n) is 5.23. The Balaban J connectivity index is 1.74. The fourth-order valence-electron chi connectivity index (χ4n) is 1.65. The van der Waals surface area contributed by atoms with Crippen LogP contribution < -0.4 is 5.32 Å². The maximum Gasteiger partial charge on any atom is 0.306 e. The fraction of sp³-hybridized carbons (Fsp3) is 0.667.